The van der Waals surface area contributed by atoms with E-state index in [-0.39, 0.29) is 23.9 Å². The van der Waals surface area contributed by atoms with E-state index in [1.165, 1.54) is 10.4 Å². The van der Waals surface area contributed by atoms with Gasteiger partial charge in [-0.15, -0.1) is 23.7 Å². The van der Waals surface area contributed by atoms with Crippen molar-refractivity contribution in [2.45, 2.75) is 39.0 Å². The number of carbonyl (C=O) groups excluding carboxylic acids is 1. The molecule has 2 aromatic heterocycles. The number of fused-ring (bicyclic) bond motifs is 3. The highest BCUT2D eigenvalue weighted by Gasteiger charge is 2.23. The number of aromatic nitrogens is 2. The van der Waals surface area contributed by atoms with E-state index in [1.54, 1.807) is 11.3 Å². The molecule has 3 N–H and O–H groups in total. The van der Waals surface area contributed by atoms with Gasteiger partial charge in [0.05, 0.1) is 5.39 Å². The topological polar surface area (TPSA) is 86.9 Å². The molecule has 2 aromatic rings. The van der Waals surface area contributed by atoms with Gasteiger partial charge in [0.1, 0.15) is 10.7 Å². The van der Waals surface area contributed by atoms with Crippen molar-refractivity contribution in [1.82, 2.24) is 20.6 Å². The normalized spacial score (nSPS) is 16.3. The maximum Gasteiger partial charge on any atom is 0.259 e. The lowest BCUT2D eigenvalue weighted by molar-refractivity contribution is -0.121. The highest BCUT2D eigenvalue weighted by atomic mass is 35.5. The van der Waals surface area contributed by atoms with Crippen LogP contribution in [-0.4, -0.2) is 36.0 Å². The first-order valence-corrected chi connectivity index (χ1v) is 9.35. The summed E-state index contributed by atoms with van der Waals surface area (Å²) in [4.78, 5) is 33.9. The average molecular weight is 385 g/mol. The van der Waals surface area contributed by atoms with Gasteiger partial charge in [-0.05, 0) is 37.8 Å². The van der Waals surface area contributed by atoms with Gasteiger partial charge in [0, 0.05) is 30.8 Å². The molecule has 8 heteroatoms. The van der Waals surface area contributed by atoms with Crippen LogP contribution in [0.4, 0.5) is 0 Å². The van der Waals surface area contributed by atoms with Gasteiger partial charge in [-0.25, -0.2) is 4.98 Å². The number of nitrogens with one attached hydrogen (secondary N) is 3. The van der Waals surface area contributed by atoms with Crippen molar-refractivity contribution >= 4 is 39.9 Å². The predicted molar refractivity (Wildman–Crippen MR) is 104 cm³/mol. The third-order valence-electron chi connectivity index (χ3n) is 4.50. The second-order valence-corrected chi connectivity index (χ2v) is 7.58. The van der Waals surface area contributed by atoms with Crippen molar-refractivity contribution in [1.29, 1.82) is 0 Å². The van der Waals surface area contributed by atoms with E-state index in [4.69, 9.17) is 0 Å². The summed E-state index contributed by atoms with van der Waals surface area (Å²) in [5.74, 6) is 1.25. The van der Waals surface area contributed by atoms with E-state index < -0.39 is 0 Å². The highest BCUT2D eigenvalue weighted by Crippen LogP contribution is 2.35. The molecular weight excluding hydrogens is 360 g/mol. The zero-order chi connectivity index (χ0) is 17.1. The van der Waals surface area contributed by atoms with E-state index in [1.807, 2.05) is 7.05 Å². The number of aromatic amines is 1. The van der Waals surface area contributed by atoms with Crippen LogP contribution in [0.3, 0.4) is 0 Å². The zero-order valence-corrected chi connectivity index (χ0v) is 16.2. The molecule has 0 bridgehead atoms. The van der Waals surface area contributed by atoms with Gasteiger partial charge in [-0.2, -0.15) is 0 Å². The van der Waals surface area contributed by atoms with Gasteiger partial charge >= 0.3 is 0 Å². The Morgan fingerprint density at radius 3 is 2.96 bits per heavy atom. The minimum absolute atomic E-state index is 0. The SMILES string of the molecule is CNCCNC(=O)CCc1nc2sc3c(c2c(=O)[nH]1)CCC(C)C3.Cl. The van der Waals surface area contributed by atoms with E-state index in [2.05, 4.69) is 27.5 Å². The number of hydrogen-bond acceptors (Lipinski definition) is 5. The van der Waals surface area contributed by atoms with Crippen LogP contribution >= 0.6 is 23.7 Å². The maximum atomic E-state index is 12.5. The number of carbonyl (C=O) groups is 1. The van der Waals surface area contributed by atoms with Gasteiger partial charge in [-0.3, -0.25) is 9.59 Å². The molecule has 1 atom stereocenters. The highest BCUT2D eigenvalue weighted by molar-refractivity contribution is 7.18. The number of aryl methyl sites for hydroxylation is 2. The van der Waals surface area contributed by atoms with Crippen molar-refractivity contribution < 1.29 is 4.79 Å². The Kier molecular flexibility index (Phi) is 6.98. The molecule has 138 valence electrons. The molecule has 1 aliphatic carbocycles. The summed E-state index contributed by atoms with van der Waals surface area (Å²) < 4.78 is 0. The lowest BCUT2D eigenvalue weighted by Gasteiger charge is -2.17. The standard InChI is InChI=1S/C17H24N4O2S.ClH/c1-10-3-4-11-12(9-10)24-17-15(11)16(23)20-13(21-17)5-6-14(22)19-8-7-18-2;/h10,18H,3-9H2,1-2H3,(H,19,22)(H,20,21,23);1H. The molecule has 1 amide bonds. The van der Waals surface area contributed by atoms with Crippen LogP contribution in [-0.2, 0) is 24.1 Å². The number of H-pyrrole nitrogens is 1. The van der Waals surface area contributed by atoms with Gasteiger partial charge in [0.25, 0.3) is 5.56 Å². The Morgan fingerprint density at radius 2 is 2.20 bits per heavy atom. The number of likely N-dealkylation sites (N-methyl/N-ethyl adjacent to an activating group) is 1. The van der Waals surface area contributed by atoms with E-state index in [0.717, 1.165) is 36.0 Å². The van der Waals surface area contributed by atoms with Crippen molar-refractivity contribution in [3.8, 4) is 0 Å². The van der Waals surface area contributed by atoms with Gasteiger partial charge in [-0.1, -0.05) is 6.92 Å². The molecule has 0 aliphatic heterocycles. The van der Waals surface area contributed by atoms with Gasteiger partial charge in [0.15, 0.2) is 0 Å². The summed E-state index contributed by atoms with van der Waals surface area (Å²) in [6, 6.07) is 0. The molecule has 3 rings (SSSR count). The van der Waals surface area contributed by atoms with Crippen LogP contribution in [0.5, 0.6) is 0 Å². The van der Waals surface area contributed by atoms with Crippen molar-refractivity contribution in [2.24, 2.45) is 5.92 Å². The first-order chi connectivity index (χ1) is 11.6. The number of nitrogens with zero attached hydrogens (tertiary/aromatic N) is 1. The molecule has 0 saturated carbocycles. The maximum absolute atomic E-state index is 12.5. The third kappa shape index (κ3) is 4.59. The number of hydrogen-bond donors (Lipinski definition) is 3. The van der Waals surface area contributed by atoms with Crippen LogP contribution in [0.25, 0.3) is 10.2 Å². The van der Waals surface area contributed by atoms with E-state index in [9.17, 15) is 9.59 Å². The molecule has 6 nitrogen and oxygen atoms in total. The molecule has 2 heterocycles. The fourth-order valence-electron chi connectivity index (χ4n) is 3.16. The van der Waals surface area contributed by atoms with E-state index >= 15 is 0 Å². The van der Waals surface area contributed by atoms with Gasteiger partial charge in [0.2, 0.25) is 5.91 Å². The van der Waals surface area contributed by atoms with Crippen LogP contribution in [0.1, 0.15) is 36.0 Å². The Labute approximate surface area is 157 Å². The summed E-state index contributed by atoms with van der Waals surface area (Å²) in [5.41, 5.74) is 1.14. The minimum atomic E-state index is -0.0577. The van der Waals surface area contributed by atoms with Crippen molar-refractivity contribution in [3.05, 3.63) is 26.6 Å². The number of thiophene rings is 1. The first-order valence-electron chi connectivity index (χ1n) is 8.53. The van der Waals surface area contributed by atoms with Crippen molar-refractivity contribution in [3.63, 3.8) is 0 Å². The lowest BCUT2D eigenvalue weighted by atomic mass is 9.89. The molecule has 1 unspecified atom stereocenters. The van der Waals surface area contributed by atoms with E-state index in [0.29, 0.717) is 31.1 Å². The number of amides is 1. The molecule has 0 radical (unpaired) electrons. The largest absolute Gasteiger partial charge is 0.355 e. The Bertz CT molecular complexity index is 802. The van der Waals surface area contributed by atoms with Crippen LogP contribution in [0.15, 0.2) is 4.79 Å². The smallest absolute Gasteiger partial charge is 0.259 e. The van der Waals surface area contributed by atoms with Crippen LogP contribution in [0.2, 0.25) is 0 Å². The number of rotatable bonds is 6. The van der Waals surface area contributed by atoms with Crippen molar-refractivity contribution in [2.75, 3.05) is 20.1 Å². The third-order valence-corrected chi connectivity index (χ3v) is 5.65. The quantitative estimate of drug-likeness (QED) is 0.663. The summed E-state index contributed by atoms with van der Waals surface area (Å²) in [5, 5.41) is 6.58. The fourth-order valence-corrected chi connectivity index (χ4v) is 4.56. The Morgan fingerprint density at radius 1 is 1.40 bits per heavy atom. The second-order valence-electron chi connectivity index (χ2n) is 6.50. The average Bonchev–Trinajstić information content (AvgIpc) is 2.90. The monoisotopic (exact) mass is 384 g/mol. The molecule has 0 fully saturated rings. The summed E-state index contributed by atoms with van der Waals surface area (Å²) >= 11 is 1.64. The molecule has 0 aromatic carbocycles. The first kappa shape index (κ1) is 19.9. The zero-order valence-electron chi connectivity index (χ0n) is 14.6. The van der Waals surface area contributed by atoms with Crippen LogP contribution in [0, 0.1) is 5.92 Å². The number of halogens is 1. The second kappa shape index (κ2) is 8.78. The minimum Gasteiger partial charge on any atom is -0.355 e. The van der Waals surface area contributed by atoms with Gasteiger partial charge < -0.3 is 15.6 Å². The predicted octanol–water partition coefficient (Wildman–Crippen LogP) is 1.80. The molecule has 0 spiro atoms. The summed E-state index contributed by atoms with van der Waals surface area (Å²) in [6.07, 6.45) is 3.93. The molecule has 25 heavy (non-hydrogen) atoms. The fraction of sp³-hybridized carbons (Fsp3) is 0.588. The molecule has 0 saturated heterocycles. The molecule has 1 aliphatic rings. The molecular formula is C17H25ClN4O2S. The Balaban J connectivity index is 0.00000225. The summed E-state index contributed by atoms with van der Waals surface area (Å²) in [6.45, 7) is 3.60. The Hall–Kier alpha value is -1.44. The van der Waals surface area contributed by atoms with Crippen LogP contribution < -0.4 is 16.2 Å². The lowest BCUT2D eigenvalue weighted by Crippen LogP contribution is -2.30. The summed E-state index contributed by atoms with van der Waals surface area (Å²) in [7, 11) is 1.84.